The molecular formula is C19H27BrO3. The highest BCUT2D eigenvalue weighted by Gasteiger charge is 2.41. The fourth-order valence-corrected chi connectivity index (χ4v) is 3.48. The van der Waals surface area contributed by atoms with E-state index < -0.39 is 16.0 Å². The Balaban J connectivity index is 2.51. The van der Waals surface area contributed by atoms with Gasteiger partial charge in [-0.3, -0.25) is 4.79 Å². The number of halogens is 1. The van der Waals surface area contributed by atoms with Crippen LogP contribution in [0.2, 0.25) is 0 Å². The van der Waals surface area contributed by atoms with Crippen LogP contribution in [-0.2, 0) is 25.3 Å². The summed E-state index contributed by atoms with van der Waals surface area (Å²) in [6.45, 7) is 14.7. The molecule has 2 rings (SSSR count). The molecule has 0 saturated heterocycles. The molecule has 0 aromatic heterocycles. The van der Waals surface area contributed by atoms with E-state index in [4.69, 9.17) is 9.47 Å². The highest BCUT2D eigenvalue weighted by atomic mass is 79.9. The number of benzene rings is 1. The third-order valence-corrected chi connectivity index (χ3v) is 4.98. The number of rotatable bonds is 2. The Hall–Kier alpha value is -0.870. The van der Waals surface area contributed by atoms with Crippen LogP contribution in [0, 0.1) is 0 Å². The molecule has 1 aliphatic heterocycles. The number of carbonyl (C=O) groups is 1. The van der Waals surface area contributed by atoms with Crippen molar-refractivity contribution in [1.29, 1.82) is 0 Å². The molecular weight excluding hydrogens is 356 g/mol. The van der Waals surface area contributed by atoms with Gasteiger partial charge < -0.3 is 9.47 Å². The molecule has 3 nitrogen and oxygen atoms in total. The summed E-state index contributed by atoms with van der Waals surface area (Å²) in [7, 11) is 0. The number of hydrogen-bond donors (Lipinski definition) is 0. The van der Waals surface area contributed by atoms with Gasteiger partial charge >= 0.3 is 5.97 Å². The number of alkyl halides is 1. The zero-order valence-corrected chi connectivity index (χ0v) is 16.7. The average molecular weight is 383 g/mol. The fourth-order valence-electron chi connectivity index (χ4n) is 3.01. The van der Waals surface area contributed by atoms with E-state index in [1.807, 2.05) is 32.9 Å². The van der Waals surface area contributed by atoms with Gasteiger partial charge in [0.2, 0.25) is 0 Å². The van der Waals surface area contributed by atoms with Crippen LogP contribution < -0.4 is 0 Å². The van der Waals surface area contributed by atoms with Gasteiger partial charge in [-0.15, -0.1) is 0 Å². The van der Waals surface area contributed by atoms with Gasteiger partial charge in [-0.1, -0.05) is 48.0 Å². The smallest absolute Gasteiger partial charge is 0.324 e. The third kappa shape index (κ3) is 3.80. The van der Waals surface area contributed by atoms with E-state index in [9.17, 15) is 4.79 Å². The number of fused-ring (bicyclic) bond motifs is 1. The summed E-state index contributed by atoms with van der Waals surface area (Å²) in [5, 5.41) is 0. The zero-order chi connectivity index (χ0) is 17.6. The van der Waals surface area contributed by atoms with Crippen molar-refractivity contribution < 1.29 is 14.3 Å². The van der Waals surface area contributed by atoms with Crippen molar-refractivity contribution in [2.45, 2.75) is 69.9 Å². The standard InChI is InChI=1S/C19H27BrO3/c1-17(2,3)23-16(21)15(20)12-9-8-10-13-14(12)19(6,7)22-11-18(13,4)5/h8-10,15H,11H2,1-7H3. The maximum absolute atomic E-state index is 12.5. The highest BCUT2D eigenvalue weighted by Crippen LogP contribution is 2.45. The first-order valence-corrected chi connectivity index (χ1v) is 8.91. The Labute approximate surface area is 147 Å². The lowest BCUT2D eigenvalue weighted by atomic mass is 9.73. The Bertz CT molecular complexity index is 612. The first-order chi connectivity index (χ1) is 10.4. The van der Waals surface area contributed by atoms with Crippen LogP contribution in [0.3, 0.4) is 0 Å². The second kappa shape index (κ2) is 5.89. The maximum atomic E-state index is 12.5. The molecule has 128 valence electrons. The molecule has 4 heteroatoms. The molecule has 0 spiro atoms. The summed E-state index contributed by atoms with van der Waals surface area (Å²) < 4.78 is 11.6. The summed E-state index contributed by atoms with van der Waals surface area (Å²) >= 11 is 3.54. The Morgan fingerprint density at radius 3 is 2.43 bits per heavy atom. The van der Waals surface area contributed by atoms with Gasteiger partial charge in [0.05, 0.1) is 12.2 Å². The minimum atomic E-state index is -0.511. The van der Waals surface area contributed by atoms with Crippen LogP contribution in [0.25, 0.3) is 0 Å². The van der Waals surface area contributed by atoms with Crippen molar-refractivity contribution in [1.82, 2.24) is 0 Å². The second-order valence-corrected chi connectivity index (χ2v) is 9.26. The predicted molar refractivity (Wildman–Crippen MR) is 96.0 cm³/mol. The molecule has 0 N–H and O–H groups in total. The third-order valence-electron chi connectivity index (χ3n) is 4.11. The molecule has 1 heterocycles. The molecule has 0 bridgehead atoms. The van der Waals surface area contributed by atoms with Gasteiger partial charge in [-0.2, -0.15) is 0 Å². The molecule has 1 unspecified atom stereocenters. The molecule has 1 atom stereocenters. The van der Waals surface area contributed by atoms with Crippen LogP contribution in [-0.4, -0.2) is 18.2 Å². The van der Waals surface area contributed by atoms with Crippen molar-refractivity contribution in [3.63, 3.8) is 0 Å². The monoisotopic (exact) mass is 382 g/mol. The van der Waals surface area contributed by atoms with Crippen molar-refractivity contribution in [3.8, 4) is 0 Å². The molecule has 0 aliphatic carbocycles. The van der Waals surface area contributed by atoms with Crippen molar-refractivity contribution in [2.75, 3.05) is 6.61 Å². The van der Waals surface area contributed by atoms with Crippen molar-refractivity contribution in [3.05, 3.63) is 34.9 Å². The average Bonchev–Trinajstić information content (AvgIpc) is 2.41. The SMILES string of the molecule is CC(C)(C)OC(=O)C(Br)c1cccc2c1C(C)(C)OCC2(C)C. The summed E-state index contributed by atoms with van der Waals surface area (Å²) in [6.07, 6.45) is 0. The van der Waals surface area contributed by atoms with Crippen LogP contribution in [0.4, 0.5) is 0 Å². The molecule has 1 aromatic rings. The van der Waals surface area contributed by atoms with E-state index in [2.05, 4.69) is 49.7 Å². The topological polar surface area (TPSA) is 35.5 Å². The van der Waals surface area contributed by atoms with E-state index in [-0.39, 0.29) is 11.4 Å². The van der Waals surface area contributed by atoms with Crippen molar-refractivity contribution in [2.24, 2.45) is 0 Å². The summed E-state index contributed by atoms with van der Waals surface area (Å²) in [6, 6.07) is 6.13. The zero-order valence-electron chi connectivity index (χ0n) is 15.1. The largest absolute Gasteiger partial charge is 0.459 e. The van der Waals surface area contributed by atoms with E-state index in [1.54, 1.807) is 0 Å². The Morgan fingerprint density at radius 2 is 1.87 bits per heavy atom. The molecule has 0 saturated carbocycles. The highest BCUT2D eigenvalue weighted by molar-refractivity contribution is 9.09. The lowest BCUT2D eigenvalue weighted by Gasteiger charge is -2.43. The summed E-state index contributed by atoms with van der Waals surface area (Å²) in [5.41, 5.74) is 2.22. The predicted octanol–water partition coefficient (Wildman–Crippen LogP) is 5.01. The van der Waals surface area contributed by atoms with Gasteiger partial charge in [0.15, 0.2) is 0 Å². The van der Waals surface area contributed by atoms with Crippen LogP contribution in [0.1, 0.15) is 70.0 Å². The number of hydrogen-bond acceptors (Lipinski definition) is 3. The van der Waals surface area contributed by atoms with E-state index in [0.717, 1.165) is 11.1 Å². The maximum Gasteiger partial charge on any atom is 0.324 e. The quantitative estimate of drug-likeness (QED) is 0.532. The normalized spacial score (nSPS) is 20.5. The number of carbonyl (C=O) groups excluding carboxylic acids is 1. The minimum Gasteiger partial charge on any atom is -0.459 e. The second-order valence-electron chi connectivity index (χ2n) is 8.35. The summed E-state index contributed by atoms with van der Waals surface area (Å²) in [5.74, 6) is -0.273. The first kappa shape index (κ1) is 18.5. The van der Waals surface area contributed by atoms with Crippen molar-refractivity contribution >= 4 is 21.9 Å². The van der Waals surface area contributed by atoms with Crippen LogP contribution in [0.15, 0.2) is 18.2 Å². The van der Waals surface area contributed by atoms with E-state index in [0.29, 0.717) is 6.61 Å². The molecule has 23 heavy (non-hydrogen) atoms. The number of esters is 1. The van der Waals surface area contributed by atoms with Crippen LogP contribution >= 0.6 is 15.9 Å². The minimum absolute atomic E-state index is 0.0818. The number of ether oxygens (including phenoxy) is 2. The molecule has 0 radical (unpaired) electrons. The van der Waals surface area contributed by atoms with Gasteiger partial charge in [0.1, 0.15) is 10.4 Å². The fraction of sp³-hybridized carbons (Fsp3) is 0.632. The Kier molecular flexibility index (Phi) is 4.73. The van der Waals surface area contributed by atoms with Gasteiger partial charge in [-0.25, -0.2) is 0 Å². The lowest BCUT2D eigenvalue weighted by molar-refractivity contribution is -0.154. The molecule has 0 fully saturated rings. The molecule has 1 aliphatic rings. The summed E-state index contributed by atoms with van der Waals surface area (Å²) in [4.78, 5) is 12.0. The Morgan fingerprint density at radius 1 is 1.26 bits per heavy atom. The van der Waals surface area contributed by atoms with Gasteiger partial charge in [-0.05, 0) is 51.3 Å². The molecule has 1 aromatic carbocycles. The first-order valence-electron chi connectivity index (χ1n) is 8.00. The lowest BCUT2D eigenvalue weighted by Crippen LogP contribution is -2.41. The van der Waals surface area contributed by atoms with Crippen LogP contribution in [0.5, 0.6) is 0 Å². The molecule has 0 amide bonds. The van der Waals surface area contributed by atoms with E-state index in [1.165, 1.54) is 5.56 Å². The van der Waals surface area contributed by atoms with E-state index >= 15 is 0 Å². The van der Waals surface area contributed by atoms with Gasteiger partial charge in [0.25, 0.3) is 0 Å². The van der Waals surface area contributed by atoms with Gasteiger partial charge in [0, 0.05) is 5.41 Å².